The molecule has 28 heavy (non-hydrogen) atoms. The highest BCUT2D eigenvalue weighted by atomic mass is 35.5. The minimum absolute atomic E-state index is 0.0149. The summed E-state index contributed by atoms with van der Waals surface area (Å²) in [7, 11) is -2.76. The van der Waals surface area contributed by atoms with Gasteiger partial charge in [-0.25, -0.2) is 13.2 Å². The van der Waals surface area contributed by atoms with E-state index in [1.165, 1.54) is 43.5 Å². The van der Waals surface area contributed by atoms with Crippen LogP contribution in [0.1, 0.15) is 10.4 Å². The van der Waals surface area contributed by atoms with Crippen molar-refractivity contribution in [3.63, 3.8) is 0 Å². The summed E-state index contributed by atoms with van der Waals surface area (Å²) in [6, 6.07) is 8.72. The first kappa shape index (κ1) is 20.0. The number of carbonyl (C=O) groups excluding carboxylic acids is 1. The first-order valence-corrected chi connectivity index (χ1v) is 10.1. The third-order valence-corrected chi connectivity index (χ3v) is 6.16. The minimum atomic E-state index is -3.98. The van der Waals surface area contributed by atoms with Crippen molar-refractivity contribution < 1.29 is 27.4 Å². The molecule has 1 aliphatic heterocycles. The Morgan fingerprint density at radius 1 is 1.21 bits per heavy atom. The van der Waals surface area contributed by atoms with Gasteiger partial charge in [-0.15, -0.1) is 6.58 Å². The molecule has 0 atom stereocenters. The van der Waals surface area contributed by atoms with E-state index in [-0.39, 0.29) is 27.7 Å². The van der Waals surface area contributed by atoms with Gasteiger partial charge in [0.15, 0.2) is 11.5 Å². The molecule has 0 amide bonds. The predicted molar refractivity (Wildman–Crippen MR) is 105 cm³/mol. The first-order chi connectivity index (χ1) is 13.4. The number of benzene rings is 2. The number of halogens is 1. The Labute approximate surface area is 168 Å². The predicted octanol–water partition coefficient (Wildman–Crippen LogP) is 3.28. The van der Waals surface area contributed by atoms with E-state index in [2.05, 4.69) is 6.58 Å². The molecule has 1 aliphatic rings. The largest absolute Gasteiger partial charge is 0.486 e. The fourth-order valence-corrected chi connectivity index (χ4v) is 4.34. The lowest BCUT2D eigenvalue weighted by atomic mass is 10.2. The monoisotopic (exact) mass is 423 g/mol. The number of fused-ring (bicyclic) bond motifs is 1. The third-order valence-electron chi connectivity index (χ3n) is 4.04. The van der Waals surface area contributed by atoms with Crippen LogP contribution in [0.25, 0.3) is 0 Å². The molecule has 0 saturated heterocycles. The van der Waals surface area contributed by atoms with Gasteiger partial charge in [-0.05, 0) is 30.3 Å². The summed E-state index contributed by atoms with van der Waals surface area (Å²) in [6.45, 7) is 4.36. The lowest BCUT2D eigenvalue weighted by molar-refractivity contribution is 0.0601. The van der Waals surface area contributed by atoms with Crippen LogP contribution in [0.3, 0.4) is 0 Å². The second-order valence-electron chi connectivity index (χ2n) is 5.79. The molecule has 148 valence electrons. The maximum Gasteiger partial charge on any atom is 0.339 e. The van der Waals surface area contributed by atoms with E-state index >= 15 is 0 Å². The topological polar surface area (TPSA) is 82.1 Å². The van der Waals surface area contributed by atoms with E-state index in [0.29, 0.717) is 24.7 Å². The van der Waals surface area contributed by atoms with Crippen molar-refractivity contribution in [1.82, 2.24) is 0 Å². The van der Waals surface area contributed by atoms with Crippen molar-refractivity contribution in [3.05, 3.63) is 59.6 Å². The molecule has 3 rings (SSSR count). The van der Waals surface area contributed by atoms with Crippen LogP contribution in [0.15, 0.2) is 53.9 Å². The quantitative estimate of drug-likeness (QED) is 0.524. The zero-order valence-corrected chi connectivity index (χ0v) is 16.6. The van der Waals surface area contributed by atoms with Gasteiger partial charge in [-0.1, -0.05) is 17.7 Å². The van der Waals surface area contributed by atoms with E-state index in [0.717, 1.165) is 4.31 Å². The summed E-state index contributed by atoms with van der Waals surface area (Å²) < 4.78 is 43.3. The van der Waals surface area contributed by atoms with Gasteiger partial charge in [0.1, 0.15) is 13.2 Å². The van der Waals surface area contributed by atoms with Gasteiger partial charge in [0, 0.05) is 6.07 Å². The van der Waals surface area contributed by atoms with E-state index in [4.69, 9.17) is 25.8 Å². The van der Waals surface area contributed by atoms with Gasteiger partial charge in [-0.2, -0.15) is 0 Å². The Kier molecular flexibility index (Phi) is 5.81. The summed E-state index contributed by atoms with van der Waals surface area (Å²) in [5.74, 6) is 0.180. The van der Waals surface area contributed by atoms with Crippen LogP contribution in [0.4, 0.5) is 5.69 Å². The normalized spacial score (nSPS) is 12.9. The first-order valence-electron chi connectivity index (χ1n) is 8.29. The van der Waals surface area contributed by atoms with E-state index in [9.17, 15) is 13.2 Å². The lowest BCUT2D eigenvalue weighted by Crippen LogP contribution is -2.31. The van der Waals surface area contributed by atoms with Crippen LogP contribution in [-0.4, -0.2) is 41.3 Å². The summed E-state index contributed by atoms with van der Waals surface area (Å²) in [4.78, 5) is 11.9. The molecular formula is C19H18ClNO6S. The van der Waals surface area contributed by atoms with Crippen LogP contribution in [0, 0.1) is 0 Å². The molecular weight excluding hydrogens is 406 g/mol. The maximum absolute atomic E-state index is 13.3. The fraction of sp³-hybridized carbons (Fsp3) is 0.211. The number of hydrogen-bond acceptors (Lipinski definition) is 6. The summed E-state index contributed by atoms with van der Waals surface area (Å²) >= 11 is 6.04. The highest BCUT2D eigenvalue weighted by molar-refractivity contribution is 7.92. The molecule has 2 aromatic rings. The number of anilines is 1. The van der Waals surface area contributed by atoms with Crippen molar-refractivity contribution in [2.45, 2.75) is 4.90 Å². The number of carbonyl (C=O) groups is 1. The van der Waals surface area contributed by atoms with E-state index in [1.807, 2.05) is 0 Å². The highest BCUT2D eigenvalue weighted by Crippen LogP contribution is 2.35. The molecule has 1 heterocycles. The number of methoxy groups -OCH3 is 1. The summed E-state index contributed by atoms with van der Waals surface area (Å²) in [6.07, 6.45) is 1.45. The van der Waals surface area contributed by atoms with Gasteiger partial charge in [0.05, 0.1) is 34.8 Å². The van der Waals surface area contributed by atoms with Crippen LogP contribution in [-0.2, 0) is 14.8 Å². The summed E-state index contributed by atoms with van der Waals surface area (Å²) in [5.41, 5.74) is 0.313. The highest BCUT2D eigenvalue weighted by Gasteiger charge is 2.27. The Balaban J connectivity index is 2.06. The number of sulfonamides is 1. The number of nitrogens with zero attached hydrogens (tertiary/aromatic N) is 1. The second-order valence-corrected chi connectivity index (χ2v) is 8.06. The van der Waals surface area contributed by atoms with Gasteiger partial charge < -0.3 is 14.2 Å². The molecule has 9 heteroatoms. The maximum atomic E-state index is 13.3. The van der Waals surface area contributed by atoms with Crippen LogP contribution < -0.4 is 13.8 Å². The average Bonchev–Trinajstić information content (AvgIpc) is 2.71. The van der Waals surface area contributed by atoms with Gasteiger partial charge in [-0.3, -0.25) is 4.31 Å². The van der Waals surface area contributed by atoms with Crippen LogP contribution in [0.5, 0.6) is 11.5 Å². The standard InChI is InChI=1S/C19H18ClNO6S/c1-3-8-21(13-4-6-16(20)15(11-13)19(22)25-2)28(23,24)14-5-7-17-18(12-14)27-10-9-26-17/h3-7,11-12H,1,8-10H2,2H3. The van der Waals surface area contributed by atoms with Crippen LogP contribution >= 0.6 is 11.6 Å². The third kappa shape index (κ3) is 3.79. The molecule has 0 aliphatic carbocycles. The average molecular weight is 424 g/mol. The zero-order valence-electron chi connectivity index (χ0n) is 15.1. The number of ether oxygens (including phenoxy) is 3. The molecule has 2 aromatic carbocycles. The lowest BCUT2D eigenvalue weighted by Gasteiger charge is -2.25. The number of hydrogen-bond donors (Lipinski definition) is 0. The Morgan fingerprint density at radius 3 is 2.61 bits per heavy atom. The van der Waals surface area contributed by atoms with Crippen molar-refractivity contribution in [1.29, 1.82) is 0 Å². The molecule has 0 unspecified atom stereocenters. The van der Waals surface area contributed by atoms with E-state index < -0.39 is 16.0 Å². The zero-order chi connectivity index (χ0) is 20.3. The number of rotatable bonds is 6. The molecule has 0 radical (unpaired) electrons. The molecule has 0 spiro atoms. The van der Waals surface area contributed by atoms with Gasteiger partial charge >= 0.3 is 5.97 Å². The summed E-state index contributed by atoms with van der Waals surface area (Å²) in [5, 5.41) is 0.158. The second kappa shape index (κ2) is 8.12. The van der Waals surface area contributed by atoms with E-state index in [1.54, 1.807) is 6.07 Å². The van der Waals surface area contributed by atoms with Crippen LogP contribution in [0.2, 0.25) is 5.02 Å². The molecule has 0 aromatic heterocycles. The van der Waals surface area contributed by atoms with Crippen molar-refractivity contribution >= 4 is 33.3 Å². The van der Waals surface area contributed by atoms with Gasteiger partial charge in [0.25, 0.3) is 10.0 Å². The molecule has 7 nitrogen and oxygen atoms in total. The van der Waals surface area contributed by atoms with Gasteiger partial charge in [0.2, 0.25) is 0 Å². The smallest absolute Gasteiger partial charge is 0.339 e. The van der Waals surface area contributed by atoms with Crippen molar-refractivity contribution in [2.24, 2.45) is 0 Å². The Morgan fingerprint density at radius 2 is 1.93 bits per heavy atom. The number of esters is 1. The molecule has 0 saturated carbocycles. The van der Waals surface area contributed by atoms with Crippen molar-refractivity contribution in [2.75, 3.05) is 31.2 Å². The van der Waals surface area contributed by atoms with Crippen molar-refractivity contribution in [3.8, 4) is 11.5 Å². The fourth-order valence-electron chi connectivity index (χ4n) is 2.71. The molecule has 0 bridgehead atoms. The Hall–Kier alpha value is -2.71. The SMILES string of the molecule is C=CCN(c1ccc(Cl)c(C(=O)OC)c1)S(=O)(=O)c1ccc2c(c1)OCCO2. The molecule has 0 N–H and O–H groups in total. The molecule has 0 fully saturated rings. The Bertz CT molecular complexity index is 1020. The minimum Gasteiger partial charge on any atom is -0.486 e.